The molecule has 0 saturated heterocycles. The summed E-state index contributed by atoms with van der Waals surface area (Å²) in [5.74, 6) is -1.77. The van der Waals surface area contributed by atoms with Crippen LogP contribution in [0, 0.1) is 0 Å². The van der Waals surface area contributed by atoms with E-state index in [2.05, 4.69) is 98.9 Å². The molecule has 0 heterocycles. The summed E-state index contributed by atoms with van der Waals surface area (Å²) in [5.41, 5.74) is 0. The first kappa shape index (κ1) is 58.5. The molecule has 0 N–H and O–H groups in total. The minimum atomic E-state index is -1.13. The smallest absolute Gasteiger partial charge is 0.306 e. The van der Waals surface area contributed by atoms with Crippen LogP contribution in [0.15, 0.2) is 85.1 Å². The molecule has 0 fully saturated rings. The average molecular weight is 866 g/mol. The maximum atomic E-state index is 12.8. The van der Waals surface area contributed by atoms with Gasteiger partial charge < -0.3 is 28.6 Å². The number of hydrogen-bond donors (Lipinski definition) is 0. The number of ether oxygens (including phenoxy) is 3. The number of unbranched alkanes of at least 4 members (excludes halogenated alkanes) is 15. The van der Waals surface area contributed by atoms with Gasteiger partial charge in [-0.25, -0.2) is 0 Å². The summed E-state index contributed by atoms with van der Waals surface area (Å²) >= 11 is 0. The van der Waals surface area contributed by atoms with E-state index in [1.807, 2.05) is 0 Å². The Hall–Kier alpha value is -3.49. The van der Waals surface area contributed by atoms with Crippen LogP contribution in [0.2, 0.25) is 0 Å². The van der Waals surface area contributed by atoms with Crippen LogP contribution in [0.1, 0.15) is 187 Å². The molecule has 0 aromatic heterocycles. The first-order valence-electron chi connectivity index (χ1n) is 24.6. The zero-order valence-electron chi connectivity index (χ0n) is 40.3. The number of carbonyl (C=O) groups is 3. The minimum absolute atomic E-state index is 0.0292. The lowest BCUT2D eigenvalue weighted by Gasteiger charge is -2.34. The SMILES string of the molecule is CC/C=C/C/C=C/C/C=C/C/C=C/CCCCCCCCCCCC(=O)OCC(COCCC(C(=O)[O-])[N+](C)(C)C)OC(=O)CCCCCCCC/C=C/C/C=C/C/C=C/CC. The number of aliphatic carboxylic acids is 1. The van der Waals surface area contributed by atoms with Crippen molar-refractivity contribution in [2.45, 2.75) is 199 Å². The average Bonchev–Trinajstić information content (AvgIpc) is 3.23. The zero-order valence-corrected chi connectivity index (χ0v) is 40.3. The predicted molar refractivity (Wildman–Crippen MR) is 258 cm³/mol. The number of carboxylic acids is 1. The molecule has 0 bridgehead atoms. The molecule has 8 nitrogen and oxygen atoms in total. The van der Waals surface area contributed by atoms with Crippen molar-refractivity contribution in [3.05, 3.63) is 85.1 Å². The quantitative estimate of drug-likeness (QED) is 0.0260. The van der Waals surface area contributed by atoms with E-state index in [-0.39, 0.29) is 42.7 Å². The van der Waals surface area contributed by atoms with Crippen molar-refractivity contribution in [1.29, 1.82) is 0 Å². The number of allylic oxidation sites excluding steroid dienone is 14. The van der Waals surface area contributed by atoms with Gasteiger partial charge in [0.05, 0.1) is 40.3 Å². The maximum Gasteiger partial charge on any atom is 0.306 e. The van der Waals surface area contributed by atoms with Crippen LogP contribution >= 0.6 is 0 Å². The van der Waals surface area contributed by atoms with Crippen LogP contribution in [0.25, 0.3) is 0 Å². The molecular weight excluding hydrogens is 775 g/mol. The van der Waals surface area contributed by atoms with E-state index in [1.54, 1.807) is 21.1 Å². The summed E-state index contributed by atoms with van der Waals surface area (Å²) in [7, 11) is 5.40. The lowest BCUT2D eigenvalue weighted by Crippen LogP contribution is -2.55. The summed E-state index contributed by atoms with van der Waals surface area (Å²) < 4.78 is 17.2. The van der Waals surface area contributed by atoms with Gasteiger partial charge in [-0.3, -0.25) is 9.59 Å². The Balaban J connectivity index is 4.29. The number of esters is 2. The van der Waals surface area contributed by atoms with Gasteiger partial charge in [-0.15, -0.1) is 0 Å². The maximum absolute atomic E-state index is 12.8. The van der Waals surface area contributed by atoms with Crippen molar-refractivity contribution in [3.8, 4) is 0 Å². The largest absolute Gasteiger partial charge is 0.544 e. The number of rotatable bonds is 43. The standard InChI is InChI=1S/C54H91NO7/c1-6-8-10-12-14-16-18-20-22-24-25-26-27-28-29-31-32-34-36-38-40-42-44-52(56)61-49-50(48-60-47-46-51(54(58)59)55(3,4)5)62-53(57)45-43-41-39-37-35-33-30-23-21-19-17-15-13-11-9-7-2/h8-11,14-17,20-23,25-26,50-51H,6-7,12-13,18-19,24,27-49H2,1-5H3/b10-8+,11-9+,16-14+,17-15+,22-20+,23-21+,26-25+. The molecule has 0 spiro atoms. The highest BCUT2D eigenvalue weighted by Gasteiger charge is 2.25. The van der Waals surface area contributed by atoms with Gasteiger partial charge >= 0.3 is 11.9 Å². The van der Waals surface area contributed by atoms with Crippen LogP contribution < -0.4 is 5.11 Å². The lowest BCUT2D eigenvalue weighted by molar-refractivity contribution is -0.889. The molecule has 62 heavy (non-hydrogen) atoms. The van der Waals surface area contributed by atoms with Crippen molar-refractivity contribution in [2.24, 2.45) is 0 Å². The van der Waals surface area contributed by atoms with Gasteiger partial charge in [-0.05, 0) is 83.5 Å². The number of carboxylic acid groups (broad SMARTS) is 1. The van der Waals surface area contributed by atoms with Gasteiger partial charge in [0.25, 0.3) is 0 Å². The molecule has 2 unspecified atom stereocenters. The fourth-order valence-corrected chi connectivity index (χ4v) is 6.78. The summed E-state index contributed by atoms with van der Waals surface area (Å²) in [6, 6.07) is -0.734. The Kier molecular flexibility index (Phi) is 41.6. The van der Waals surface area contributed by atoms with Gasteiger partial charge in [0.15, 0.2) is 6.10 Å². The molecule has 0 aliphatic heterocycles. The van der Waals surface area contributed by atoms with Crippen molar-refractivity contribution < 1.29 is 38.2 Å². The minimum Gasteiger partial charge on any atom is -0.544 e. The van der Waals surface area contributed by atoms with Gasteiger partial charge in [0, 0.05) is 19.3 Å². The predicted octanol–water partition coefficient (Wildman–Crippen LogP) is 12.7. The lowest BCUT2D eigenvalue weighted by atomic mass is 10.1. The van der Waals surface area contributed by atoms with E-state index in [1.165, 1.54) is 51.4 Å². The summed E-state index contributed by atoms with van der Waals surface area (Å²) in [6.45, 7) is 4.42. The number of hydrogen-bond acceptors (Lipinski definition) is 7. The molecule has 0 saturated carbocycles. The van der Waals surface area contributed by atoms with Crippen molar-refractivity contribution in [2.75, 3.05) is 41.0 Å². The molecule has 0 aromatic carbocycles. The molecule has 8 heteroatoms. The molecule has 0 aliphatic carbocycles. The van der Waals surface area contributed by atoms with E-state index in [0.717, 1.165) is 103 Å². The molecule has 2 atom stereocenters. The first-order chi connectivity index (χ1) is 30.1. The highest BCUT2D eigenvalue weighted by Crippen LogP contribution is 2.14. The third kappa shape index (κ3) is 41.8. The van der Waals surface area contributed by atoms with Crippen LogP contribution in [-0.4, -0.2) is 75.5 Å². The molecule has 0 aliphatic rings. The third-order valence-corrected chi connectivity index (χ3v) is 10.5. The van der Waals surface area contributed by atoms with Crippen molar-refractivity contribution in [3.63, 3.8) is 0 Å². The second kappa shape index (κ2) is 44.1. The number of nitrogens with zero attached hydrogens (tertiary/aromatic N) is 1. The molecule has 0 aromatic rings. The molecule has 354 valence electrons. The fourth-order valence-electron chi connectivity index (χ4n) is 6.78. The van der Waals surface area contributed by atoms with E-state index >= 15 is 0 Å². The Morgan fingerprint density at radius 3 is 1.26 bits per heavy atom. The normalized spacial score (nSPS) is 13.6. The first-order valence-corrected chi connectivity index (χ1v) is 24.6. The van der Waals surface area contributed by atoms with Crippen molar-refractivity contribution in [1.82, 2.24) is 0 Å². The van der Waals surface area contributed by atoms with Crippen LogP contribution in [0.4, 0.5) is 0 Å². The molecular formula is C54H91NO7. The van der Waals surface area contributed by atoms with E-state index in [4.69, 9.17) is 14.2 Å². The fraction of sp³-hybridized carbons (Fsp3) is 0.685. The monoisotopic (exact) mass is 866 g/mol. The highest BCUT2D eigenvalue weighted by molar-refractivity contribution is 5.70. The van der Waals surface area contributed by atoms with E-state index < -0.39 is 18.1 Å². The van der Waals surface area contributed by atoms with Crippen LogP contribution in [0.5, 0.6) is 0 Å². The Labute approximate surface area is 380 Å². The summed E-state index contributed by atoms with van der Waals surface area (Å²) in [5, 5.41) is 11.7. The second-order valence-corrected chi connectivity index (χ2v) is 17.3. The van der Waals surface area contributed by atoms with Crippen molar-refractivity contribution >= 4 is 17.9 Å². The number of likely N-dealkylation sites (N-methyl/N-ethyl adjacent to an activating group) is 1. The highest BCUT2D eigenvalue weighted by atomic mass is 16.6. The summed E-state index contributed by atoms with van der Waals surface area (Å²) in [6.07, 6.45) is 57.5. The number of quaternary nitrogens is 1. The van der Waals surface area contributed by atoms with E-state index in [0.29, 0.717) is 12.8 Å². The van der Waals surface area contributed by atoms with Gasteiger partial charge in [-0.1, -0.05) is 170 Å². The van der Waals surface area contributed by atoms with Gasteiger partial charge in [0.2, 0.25) is 0 Å². The topological polar surface area (TPSA) is 102 Å². The Morgan fingerprint density at radius 1 is 0.484 bits per heavy atom. The Morgan fingerprint density at radius 2 is 0.855 bits per heavy atom. The van der Waals surface area contributed by atoms with Crippen LogP contribution in [-0.2, 0) is 28.6 Å². The number of carbonyl (C=O) groups excluding carboxylic acids is 3. The second-order valence-electron chi connectivity index (χ2n) is 17.3. The van der Waals surface area contributed by atoms with Crippen LogP contribution in [0.3, 0.4) is 0 Å². The molecule has 0 rings (SSSR count). The zero-order chi connectivity index (χ0) is 45.6. The van der Waals surface area contributed by atoms with Gasteiger partial charge in [-0.2, -0.15) is 0 Å². The Bertz CT molecular complexity index is 1290. The third-order valence-electron chi connectivity index (χ3n) is 10.5. The van der Waals surface area contributed by atoms with E-state index in [9.17, 15) is 19.5 Å². The molecule has 0 amide bonds. The molecule has 0 radical (unpaired) electrons. The summed E-state index contributed by atoms with van der Waals surface area (Å²) in [4.78, 5) is 37.0. The van der Waals surface area contributed by atoms with Gasteiger partial charge in [0.1, 0.15) is 12.6 Å².